The molecular formula is C15H13F3N4O. The SMILES string of the molecule is O=C(NC1CC1)c1ccnc(Nc2ccc(C(F)(F)F)cc2)n1. The standard InChI is InChI=1S/C15H13F3N4O/c16-15(17,18)9-1-3-11(4-2-9)21-14-19-8-7-12(22-14)13(23)20-10-5-6-10/h1-4,7-8,10H,5-6H2,(H,20,23)(H,19,21,22). The van der Waals surface area contributed by atoms with E-state index in [-0.39, 0.29) is 23.6 Å². The van der Waals surface area contributed by atoms with Gasteiger partial charge in [0.2, 0.25) is 5.95 Å². The molecule has 1 aliphatic rings. The third kappa shape index (κ3) is 3.97. The van der Waals surface area contributed by atoms with Gasteiger partial charge < -0.3 is 10.6 Å². The highest BCUT2D eigenvalue weighted by Gasteiger charge is 2.30. The van der Waals surface area contributed by atoms with Gasteiger partial charge in [0, 0.05) is 17.9 Å². The highest BCUT2D eigenvalue weighted by molar-refractivity contribution is 5.92. The normalized spacial score (nSPS) is 14.4. The Bertz CT molecular complexity index is 711. The van der Waals surface area contributed by atoms with Crippen LogP contribution in [0.5, 0.6) is 0 Å². The molecule has 5 nitrogen and oxygen atoms in total. The van der Waals surface area contributed by atoms with Crippen LogP contribution in [0.3, 0.4) is 0 Å². The van der Waals surface area contributed by atoms with Crippen molar-refractivity contribution in [3.05, 3.63) is 47.8 Å². The molecule has 8 heteroatoms. The highest BCUT2D eigenvalue weighted by atomic mass is 19.4. The minimum atomic E-state index is -4.38. The summed E-state index contributed by atoms with van der Waals surface area (Å²) in [5.41, 5.74) is -0.124. The Kier molecular flexibility index (Phi) is 3.89. The summed E-state index contributed by atoms with van der Waals surface area (Å²) >= 11 is 0. The number of nitrogens with one attached hydrogen (secondary N) is 2. The molecule has 0 saturated heterocycles. The molecule has 0 spiro atoms. The van der Waals surface area contributed by atoms with E-state index in [9.17, 15) is 18.0 Å². The molecule has 1 aliphatic carbocycles. The van der Waals surface area contributed by atoms with Gasteiger partial charge in [-0.1, -0.05) is 0 Å². The maximum atomic E-state index is 12.5. The summed E-state index contributed by atoms with van der Waals surface area (Å²) in [7, 11) is 0. The van der Waals surface area contributed by atoms with Crippen LogP contribution in [-0.4, -0.2) is 21.9 Å². The van der Waals surface area contributed by atoms with Crippen molar-refractivity contribution in [3.63, 3.8) is 0 Å². The number of carbonyl (C=O) groups is 1. The molecule has 3 rings (SSSR count). The first kappa shape index (κ1) is 15.3. The smallest absolute Gasteiger partial charge is 0.348 e. The highest BCUT2D eigenvalue weighted by Crippen LogP contribution is 2.30. The molecule has 23 heavy (non-hydrogen) atoms. The maximum Gasteiger partial charge on any atom is 0.416 e. The van der Waals surface area contributed by atoms with Crippen molar-refractivity contribution >= 4 is 17.5 Å². The summed E-state index contributed by atoms with van der Waals surface area (Å²) in [6.45, 7) is 0. The third-order valence-corrected chi connectivity index (χ3v) is 3.27. The zero-order valence-corrected chi connectivity index (χ0v) is 11.9. The molecule has 1 fully saturated rings. The second-order valence-electron chi connectivity index (χ2n) is 5.21. The minimum Gasteiger partial charge on any atom is -0.348 e. The Hall–Kier alpha value is -2.64. The second-order valence-corrected chi connectivity index (χ2v) is 5.21. The lowest BCUT2D eigenvalue weighted by Crippen LogP contribution is -2.26. The lowest BCUT2D eigenvalue weighted by Gasteiger charge is -2.09. The van der Waals surface area contributed by atoms with E-state index >= 15 is 0 Å². The van der Waals surface area contributed by atoms with Gasteiger partial charge in [-0.15, -0.1) is 0 Å². The number of alkyl halides is 3. The molecule has 2 aromatic rings. The molecule has 0 radical (unpaired) electrons. The van der Waals surface area contributed by atoms with Crippen LogP contribution in [0.2, 0.25) is 0 Å². The van der Waals surface area contributed by atoms with E-state index in [1.54, 1.807) is 0 Å². The van der Waals surface area contributed by atoms with E-state index in [0.717, 1.165) is 25.0 Å². The fourth-order valence-electron chi connectivity index (χ4n) is 1.90. The Morgan fingerprint density at radius 2 is 1.83 bits per heavy atom. The Morgan fingerprint density at radius 1 is 1.13 bits per heavy atom. The van der Waals surface area contributed by atoms with Crippen LogP contribution in [0.15, 0.2) is 36.5 Å². The number of hydrogen-bond acceptors (Lipinski definition) is 4. The van der Waals surface area contributed by atoms with Gasteiger partial charge in [0.25, 0.3) is 5.91 Å². The number of nitrogens with zero attached hydrogens (tertiary/aromatic N) is 2. The summed E-state index contributed by atoms with van der Waals surface area (Å²) in [5.74, 6) is -0.140. The van der Waals surface area contributed by atoms with Gasteiger partial charge in [-0.2, -0.15) is 13.2 Å². The largest absolute Gasteiger partial charge is 0.416 e. The van der Waals surface area contributed by atoms with Gasteiger partial charge in [-0.05, 0) is 43.2 Å². The predicted molar refractivity (Wildman–Crippen MR) is 77.2 cm³/mol. The summed E-state index contributed by atoms with van der Waals surface area (Å²) < 4.78 is 37.5. The maximum absolute atomic E-state index is 12.5. The van der Waals surface area contributed by atoms with Gasteiger partial charge in [0.15, 0.2) is 0 Å². The van der Waals surface area contributed by atoms with Crippen molar-refractivity contribution in [2.24, 2.45) is 0 Å². The van der Waals surface area contributed by atoms with E-state index in [1.165, 1.54) is 24.4 Å². The summed E-state index contributed by atoms with van der Waals surface area (Å²) in [6.07, 6.45) is -1.03. The number of carbonyl (C=O) groups excluding carboxylic acids is 1. The van der Waals surface area contributed by atoms with Gasteiger partial charge >= 0.3 is 6.18 Å². The molecule has 1 amide bonds. The molecule has 0 unspecified atom stereocenters. The Balaban J connectivity index is 1.71. The van der Waals surface area contributed by atoms with Crippen LogP contribution in [0.4, 0.5) is 24.8 Å². The van der Waals surface area contributed by atoms with Gasteiger partial charge in [-0.3, -0.25) is 4.79 Å². The van der Waals surface area contributed by atoms with Gasteiger partial charge in [-0.25, -0.2) is 9.97 Å². The molecule has 1 aromatic heterocycles. The van der Waals surface area contributed by atoms with Gasteiger partial charge in [0.1, 0.15) is 5.69 Å². The monoisotopic (exact) mass is 322 g/mol. The number of anilines is 2. The quantitative estimate of drug-likeness (QED) is 0.907. The third-order valence-electron chi connectivity index (χ3n) is 3.27. The van der Waals surface area contributed by atoms with Crippen LogP contribution in [0.1, 0.15) is 28.9 Å². The van der Waals surface area contributed by atoms with Crippen molar-refractivity contribution in [2.75, 3.05) is 5.32 Å². The molecule has 1 heterocycles. The summed E-state index contributed by atoms with van der Waals surface area (Å²) in [5, 5.41) is 5.58. The number of amides is 1. The Morgan fingerprint density at radius 3 is 2.43 bits per heavy atom. The number of aromatic nitrogens is 2. The molecule has 1 saturated carbocycles. The summed E-state index contributed by atoms with van der Waals surface area (Å²) in [6, 6.07) is 6.18. The predicted octanol–water partition coefficient (Wildman–Crippen LogP) is 3.13. The molecule has 0 bridgehead atoms. The molecule has 2 N–H and O–H groups in total. The van der Waals surface area contributed by atoms with Crippen molar-refractivity contribution in [1.82, 2.24) is 15.3 Å². The zero-order valence-electron chi connectivity index (χ0n) is 11.9. The minimum absolute atomic E-state index is 0.146. The van der Waals surface area contributed by atoms with Crippen LogP contribution in [0.25, 0.3) is 0 Å². The Labute approximate surface area is 130 Å². The fraction of sp³-hybridized carbons (Fsp3) is 0.267. The lowest BCUT2D eigenvalue weighted by atomic mass is 10.2. The van der Waals surface area contributed by atoms with E-state index in [4.69, 9.17) is 0 Å². The average molecular weight is 322 g/mol. The second kappa shape index (κ2) is 5.86. The number of halogens is 3. The molecule has 0 atom stereocenters. The van der Waals surface area contributed by atoms with Crippen molar-refractivity contribution < 1.29 is 18.0 Å². The van der Waals surface area contributed by atoms with Crippen LogP contribution in [-0.2, 0) is 6.18 Å². The van der Waals surface area contributed by atoms with Crippen molar-refractivity contribution in [1.29, 1.82) is 0 Å². The molecule has 0 aliphatic heterocycles. The first-order valence-corrected chi connectivity index (χ1v) is 7.00. The number of benzene rings is 1. The molecule has 1 aromatic carbocycles. The first-order valence-electron chi connectivity index (χ1n) is 7.00. The van der Waals surface area contributed by atoms with Crippen LogP contribution in [0, 0.1) is 0 Å². The van der Waals surface area contributed by atoms with Gasteiger partial charge in [0.05, 0.1) is 5.56 Å². The van der Waals surface area contributed by atoms with Crippen LogP contribution >= 0.6 is 0 Å². The number of hydrogen-bond donors (Lipinski definition) is 2. The van der Waals surface area contributed by atoms with E-state index in [2.05, 4.69) is 20.6 Å². The van der Waals surface area contributed by atoms with Crippen molar-refractivity contribution in [2.45, 2.75) is 25.1 Å². The molecule has 120 valence electrons. The zero-order chi connectivity index (χ0) is 16.4. The molecular weight excluding hydrogens is 309 g/mol. The fourth-order valence-corrected chi connectivity index (χ4v) is 1.90. The number of rotatable bonds is 4. The first-order chi connectivity index (χ1) is 10.9. The lowest BCUT2D eigenvalue weighted by molar-refractivity contribution is -0.137. The van der Waals surface area contributed by atoms with E-state index < -0.39 is 11.7 Å². The van der Waals surface area contributed by atoms with E-state index in [1.807, 2.05) is 0 Å². The average Bonchev–Trinajstić information content (AvgIpc) is 3.31. The van der Waals surface area contributed by atoms with Crippen molar-refractivity contribution in [3.8, 4) is 0 Å². The van der Waals surface area contributed by atoms with Crippen LogP contribution < -0.4 is 10.6 Å². The summed E-state index contributed by atoms with van der Waals surface area (Å²) in [4.78, 5) is 19.9. The van der Waals surface area contributed by atoms with E-state index in [0.29, 0.717) is 5.69 Å². The topological polar surface area (TPSA) is 66.9 Å².